The fourth-order valence-electron chi connectivity index (χ4n) is 1.78. The normalized spacial score (nSPS) is 14.4. The first-order valence-electron chi connectivity index (χ1n) is 6.81. The Kier molecular flexibility index (Phi) is 5.92. The smallest absolute Gasteiger partial charge is 0.178 e. The topological polar surface area (TPSA) is 34.1 Å². The van der Waals surface area contributed by atoms with Crippen molar-refractivity contribution in [3.63, 3.8) is 0 Å². The second-order valence-electron chi connectivity index (χ2n) is 5.57. The fraction of sp³-hybridized carbons (Fsp3) is 0.562. The quantitative estimate of drug-likeness (QED) is 0.745. The van der Waals surface area contributed by atoms with Gasteiger partial charge in [-0.2, -0.15) is 0 Å². The van der Waals surface area contributed by atoms with E-state index in [1.807, 2.05) is 32.0 Å². The summed E-state index contributed by atoms with van der Waals surface area (Å²) in [7, 11) is -1.08. The second-order valence-corrected chi connectivity index (χ2v) is 7.45. The van der Waals surface area contributed by atoms with Gasteiger partial charge in [0.1, 0.15) is 0 Å². The minimum absolute atomic E-state index is 0.00908. The van der Waals surface area contributed by atoms with E-state index < -0.39 is 16.0 Å². The van der Waals surface area contributed by atoms with Crippen molar-refractivity contribution in [1.29, 1.82) is 0 Å². The highest BCUT2D eigenvalue weighted by atomic mass is 32.2. The van der Waals surface area contributed by atoms with Crippen LogP contribution in [0.25, 0.3) is 0 Å². The summed E-state index contributed by atoms with van der Waals surface area (Å²) in [6.07, 6.45) is 0.900. The maximum absolute atomic E-state index is 12.3. The van der Waals surface area contributed by atoms with E-state index >= 15 is 0 Å². The van der Waals surface area contributed by atoms with Crippen LogP contribution in [0.5, 0.6) is 0 Å². The van der Waals surface area contributed by atoms with Crippen molar-refractivity contribution in [3.05, 3.63) is 34.9 Å². The van der Waals surface area contributed by atoms with E-state index in [0.29, 0.717) is 17.2 Å². The highest BCUT2D eigenvalue weighted by Gasteiger charge is 2.21. The highest BCUT2D eigenvalue weighted by molar-refractivity contribution is 7.86. The van der Waals surface area contributed by atoms with Gasteiger partial charge in [0.25, 0.3) is 0 Å². The van der Waals surface area contributed by atoms with Gasteiger partial charge in [0.2, 0.25) is 0 Å². The molecule has 2 nitrogen and oxygen atoms in total. The molecule has 0 heterocycles. The molecule has 2 unspecified atom stereocenters. The summed E-state index contributed by atoms with van der Waals surface area (Å²) in [5.41, 5.74) is 2.95. The van der Waals surface area contributed by atoms with Crippen molar-refractivity contribution >= 4 is 16.6 Å². The van der Waals surface area contributed by atoms with Crippen LogP contribution in [0.4, 0.5) is 0 Å². The number of carbonyl (C=O) groups is 1. The lowest BCUT2D eigenvalue weighted by atomic mass is 10.0. The average Bonchev–Trinajstić information content (AvgIpc) is 2.37. The van der Waals surface area contributed by atoms with Crippen LogP contribution in [0.2, 0.25) is 0 Å². The summed E-state index contributed by atoms with van der Waals surface area (Å²) in [4.78, 5) is 12.3. The van der Waals surface area contributed by atoms with Crippen LogP contribution in [0.1, 0.15) is 48.7 Å². The number of benzene rings is 1. The fourth-order valence-corrected chi connectivity index (χ4v) is 3.21. The second kappa shape index (κ2) is 6.99. The summed E-state index contributed by atoms with van der Waals surface area (Å²) < 4.78 is 12.1. The molecule has 0 amide bonds. The number of hydrogen-bond donors (Lipinski definition) is 0. The lowest BCUT2D eigenvalue weighted by molar-refractivity contribution is 0.0992. The van der Waals surface area contributed by atoms with Gasteiger partial charge in [0.15, 0.2) is 5.78 Å². The van der Waals surface area contributed by atoms with E-state index in [2.05, 4.69) is 13.8 Å². The van der Waals surface area contributed by atoms with Crippen LogP contribution >= 0.6 is 0 Å². The molecule has 0 fully saturated rings. The molecule has 0 bridgehead atoms. The molecule has 3 heteroatoms. The standard InChI is InChI=1S/C16H24O2S/c1-11(2)8-9-19(18)14(5)16(17)15-7-6-12(3)13(4)10-15/h6-7,10-11,14H,8-9H2,1-5H3. The first-order chi connectivity index (χ1) is 8.82. The maximum Gasteiger partial charge on any atom is 0.178 e. The van der Waals surface area contributed by atoms with E-state index in [0.717, 1.165) is 12.0 Å². The number of aryl methyl sites for hydroxylation is 2. The molecular weight excluding hydrogens is 256 g/mol. The van der Waals surface area contributed by atoms with Gasteiger partial charge in [-0.1, -0.05) is 26.0 Å². The first kappa shape index (κ1) is 16.1. The SMILES string of the molecule is Cc1ccc(C(=O)C(C)S(=O)CCC(C)C)cc1C. The van der Waals surface area contributed by atoms with Crippen molar-refractivity contribution in [2.45, 2.75) is 46.3 Å². The Morgan fingerprint density at radius 1 is 1.16 bits per heavy atom. The maximum atomic E-state index is 12.3. The van der Waals surface area contributed by atoms with Crippen molar-refractivity contribution < 1.29 is 9.00 Å². The zero-order valence-corrected chi connectivity index (χ0v) is 13.3. The average molecular weight is 280 g/mol. The van der Waals surface area contributed by atoms with Crippen LogP contribution in [0, 0.1) is 19.8 Å². The molecule has 1 aromatic carbocycles. The van der Waals surface area contributed by atoms with Crippen molar-refractivity contribution in [2.75, 3.05) is 5.75 Å². The first-order valence-corrected chi connectivity index (χ1v) is 8.19. The van der Waals surface area contributed by atoms with E-state index in [4.69, 9.17) is 0 Å². The van der Waals surface area contributed by atoms with Gasteiger partial charge in [-0.05, 0) is 50.3 Å². The minimum Gasteiger partial charge on any atom is -0.293 e. The largest absolute Gasteiger partial charge is 0.293 e. The number of rotatable bonds is 6. The van der Waals surface area contributed by atoms with Crippen molar-refractivity contribution in [1.82, 2.24) is 0 Å². The van der Waals surface area contributed by atoms with Gasteiger partial charge < -0.3 is 0 Å². The summed E-state index contributed by atoms with van der Waals surface area (Å²) in [5, 5.41) is -0.416. The van der Waals surface area contributed by atoms with Crippen LogP contribution in [0.15, 0.2) is 18.2 Å². The zero-order chi connectivity index (χ0) is 14.6. The predicted molar refractivity (Wildman–Crippen MR) is 82.2 cm³/mol. The summed E-state index contributed by atoms with van der Waals surface area (Å²) in [5.74, 6) is 1.12. The Morgan fingerprint density at radius 3 is 2.32 bits per heavy atom. The van der Waals surface area contributed by atoms with Gasteiger partial charge in [-0.25, -0.2) is 0 Å². The van der Waals surface area contributed by atoms with Gasteiger partial charge in [0, 0.05) is 22.1 Å². The molecule has 2 atom stereocenters. The molecule has 0 saturated heterocycles. The van der Waals surface area contributed by atoms with Crippen LogP contribution in [-0.2, 0) is 10.8 Å². The monoisotopic (exact) mass is 280 g/mol. The molecule has 106 valence electrons. The molecule has 0 saturated carbocycles. The molecule has 1 aromatic rings. The molecule has 0 aromatic heterocycles. The summed E-state index contributed by atoms with van der Waals surface area (Å²) in [6.45, 7) is 9.99. The van der Waals surface area contributed by atoms with Crippen LogP contribution in [0.3, 0.4) is 0 Å². The van der Waals surface area contributed by atoms with Crippen LogP contribution in [-0.4, -0.2) is 21.0 Å². The van der Waals surface area contributed by atoms with Crippen molar-refractivity contribution in [2.24, 2.45) is 5.92 Å². The third-order valence-corrected chi connectivity index (χ3v) is 5.09. The molecule has 0 radical (unpaired) electrons. The molecule has 1 rings (SSSR count). The third kappa shape index (κ3) is 4.57. The Labute approximate surface area is 119 Å². The third-order valence-electron chi connectivity index (χ3n) is 3.45. The summed E-state index contributed by atoms with van der Waals surface area (Å²) >= 11 is 0. The number of carbonyl (C=O) groups excluding carboxylic acids is 1. The Morgan fingerprint density at radius 2 is 1.79 bits per heavy atom. The van der Waals surface area contributed by atoms with Gasteiger partial charge in [-0.3, -0.25) is 9.00 Å². The molecule has 0 aliphatic rings. The molecule has 0 aliphatic heterocycles. The lowest BCUT2D eigenvalue weighted by Gasteiger charge is -2.12. The van der Waals surface area contributed by atoms with E-state index in [1.165, 1.54) is 5.56 Å². The van der Waals surface area contributed by atoms with Gasteiger partial charge >= 0.3 is 0 Å². The van der Waals surface area contributed by atoms with E-state index in [9.17, 15) is 9.00 Å². The van der Waals surface area contributed by atoms with E-state index in [-0.39, 0.29) is 5.78 Å². The number of ketones is 1. The summed E-state index contributed by atoms with van der Waals surface area (Å²) in [6, 6.07) is 5.68. The number of hydrogen-bond acceptors (Lipinski definition) is 2. The van der Waals surface area contributed by atoms with Gasteiger partial charge in [-0.15, -0.1) is 0 Å². The van der Waals surface area contributed by atoms with Crippen LogP contribution < -0.4 is 0 Å². The van der Waals surface area contributed by atoms with Crippen molar-refractivity contribution in [3.8, 4) is 0 Å². The molecular formula is C16H24O2S. The predicted octanol–water partition coefficient (Wildman–Crippen LogP) is 3.67. The van der Waals surface area contributed by atoms with E-state index in [1.54, 1.807) is 6.92 Å². The Bertz CT molecular complexity index is 478. The molecule has 0 aliphatic carbocycles. The highest BCUT2D eigenvalue weighted by Crippen LogP contribution is 2.14. The molecule has 0 spiro atoms. The lowest BCUT2D eigenvalue weighted by Crippen LogP contribution is -2.25. The number of Topliss-reactive ketones (excluding diaryl/α,β-unsaturated/α-hetero) is 1. The Hall–Kier alpha value is -0.960. The Balaban J connectivity index is 2.76. The zero-order valence-electron chi connectivity index (χ0n) is 12.5. The molecule has 0 N–H and O–H groups in total. The minimum atomic E-state index is -1.08. The molecule has 19 heavy (non-hydrogen) atoms. The van der Waals surface area contributed by atoms with Gasteiger partial charge in [0.05, 0.1) is 5.25 Å².